The van der Waals surface area contributed by atoms with Crippen LogP contribution in [0, 0.1) is 13.8 Å². The molecule has 5 nitrogen and oxygen atoms in total. The van der Waals surface area contributed by atoms with Crippen molar-refractivity contribution in [2.24, 2.45) is 0 Å². The third kappa shape index (κ3) is 5.64. The van der Waals surface area contributed by atoms with Crippen LogP contribution in [0.25, 0.3) is 0 Å². The Morgan fingerprint density at radius 2 is 1.64 bits per heavy atom. The van der Waals surface area contributed by atoms with Crippen LogP contribution in [0.3, 0.4) is 0 Å². The van der Waals surface area contributed by atoms with Crippen molar-refractivity contribution in [2.75, 3.05) is 6.61 Å². The molecule has 5 heteroatoms. The summed E-state index contributed by atoms with van der Waals surface area (Å²) in [6.45, 7) is 5.51. The normalized spacial score (nSPS) is 11.5. The Labute approximate surface area is 148 Å². The molecule has 0 aliphatic carbocycles. The molecule has 0 bridgehead atoms. The molecule has 0 aliphatic heterocycles. The van der Waals surface area contributed by atoms with Crippen LogP contribution >= 0.6 is 0 Å². The smallest absolute Gasteiger partial charge is 0.344 e. The van der Waals surface area contributed by atoms with E-state index >= 15 is 0 Å². The maximum Gasteiger partial charge on any atom is 0.344 e. The van der Waals surface area contributed by atoms with Crippen LogP contribution in [0.15, 0.2) is 48.5 Å². The maximum absolute atomic E-state index is 12.0. The van der Waals surface area contributed by atoms with Gasteiger partial charge in [-0.1, -0.05) is 48.5 Å². The molecule has 2 aromatic carbocycles. The van der Waals surface area contributed by atoms with Crippen LogP contribution in [0.2, 0.25) is 0 Å². The lowest BCUT2D eigenvalue weighted by Gasteiger charge is -2.15. The van der Waals surface area contributed by atoms with Crippen molar-refractivity contribution >= 4 is 11.9 Å². The average Bonchev–Trinajstić information content (AvgIpc) is 2.60. The molecule has 2 rings (SSSR count). The number of para-hydroxylation sites is 1. The Morgan fingerprint density at radius 1 is 1.00 bits per heavy atom. The Kier molecular flexibility index (Phi) is 6.57. The fourth-order valence-corrected chi connectivity index (χ4v) is 2.37. The first-order chi connectivity index (χ1) is 12.0. The lowest BCUT2D eigenvalue weighted by molar-refractivity contribution is -0.156. The molecule has 0 radical (unpaired) electrons. The van der Waals surface area contributed by atoms with E-state index in [0.717, 1.165) is 16.7 Å². The summed E-state index contributed by atoms with van der Waals surface area (Å²) in [6, 6.07) is 15.3. The van der Waals surface area contributed by atoms with Crippen molar-refractivity contribution in [1.82, 2.24) is 5.32 Å². The molecule has 1 atom stereocenters. The van der Waals surface area contributed by atoms with Crippen LogP contribution in [0.5, 0.6) is 5.75 Å². The number of ether oxygens (including phenoxy) is 2. The topological polar surface area (TPSA) is 64.6 Å². The highest BCUT2D eigenvalue weighted by Gasteiger charge is 2.18. The minimum absolute atomic E-state index is 0.234. The zero-order valence-electron chi connectivity index (χ0n) is 14.7. The number of hydrogen-bond acceptors (Lipinski definition) is 4. The van der Waals surface area contributed by atoms with Gasteiger partial charge in [-0.15, -0.1) is 0 Å². The van der Waals surface area contributed by atoms with E-state index in [4.69, 9.17) is 9.47 Å². The van der Waals surface area contributed by atoms with E-state index in [9.17, 15) is 9.59 Å². The predicted octanol–water partition coefficient (Wildman–Crippen LogP) is 2.93. The van der Waals surface area contributed by atoms with E-state index in [1.807, 2.05) is 62.4 Å². The minimum Gasteiger partial charge on any atom is -0.481 e. The Bertz CT molecular complexity index is 707. The van der Waals surface area contributed by atoms with Crippen molar-refractivity contribution in [3.8, 4) is 5.75 Å². The lowest BCUT2D eigenvalue weighted by atomic mass is 10.1. The number of rotatable bonds is 7. The van der Waals surface area contributed by atoms with E-state index in [0.29, 0.717) is 12.3 Å². The van der Waals surface area contributed by atoms with Crippen LogP contribution < -0.4 is 10.1 Å². The number of amides is 1. The summed E-state index contributed by atoms with van der Waals surface area (Å²) >= 11 is 0. The Balaban J connectivity index is 1.78. The fourth-order valence-electron chi connectivity index (χ4n) is 2.37. The maximum atomic E-state index is 12.0. The third-order valence-electron chi connectivity index (χ3n) is 3.73. The van der Waals surface area contributed by atoms with Crippen LogP contribution in [-0.4, -0.2) is 24.6 Å². The minimum atomic E-state index is -0.877. The second-order valence-electron chi connectivity index (χ2n) is 5.85. The molecule has 0 heterocycles. The molecule has 0 saturated carbocycles. The first kappa shape index (κ1) is 18.5. The number of benzene rings is 2. The summed E-state index contributed by atoms with van der Waals surface area (Å²) in [6.07, 6.45) is -0.877. The van der Waals surface area contributed by atoms with Crippen molar-refractivity contribution in [1.29, 1.82) is 0 Å². The summed E-state index contributed by atoms with van der Waals surface area (Å²) < 4.78 is 10.7. The van der Waals surface area contributed by atoms with E-state index in [-0.39, 0.29) is 12.5 Å². The predicted molar refractivity (Wildman–Crippen MR) is 95.3 cm³/mol. The Morgan fingerprint density at radius 3 is 2.28 bits per heavy atom. The number of aryl methyl sites for hydroxylation is 2. The first-order valence-electron chi connectivity index (χ1n) is 8.17. The number of carbonyl (C=O) groups is 2. The van der Waals surface area contributed by atoms with E-state index < -0.39 is 12.1 Å². The number of nitrogens with one attached hydrogen (secondary N) is 1. The number of esters is 1. The first-order valence-corrected chi connectivity index (χ1v) is 8.17. The zero-order valence-corrected chi connectivity index (χ0v) is 14.7. The van der Waals surface area contributed by atoms with Crippen LogP contribution in [0.1, 0.15) is 23.6 Å². The quantitative estimate of drug-likeness (QED) is 0.787. The second kappa shape index (κ2) is 8.87. The molecule has 1 N–H and O–H groups in total. The summed E-state index contributed by atoms with van der Waals surface area (Å²) in [5.41, 5.74) is 2.87. The summed E-state index contributed by atoms with van der Waals surface area (Å²) in [5, 5.41) is 2.74. The molecule has 0 fully saturated rings. The molecule has 2 aromatic rings. The molecule has 132 valence electrons. The van der Waals surface area contributed by atoms with Gasteiger partial charge < -0.3 is 14.8 Å². The van der Waals surface area contributed by atoms with Gasteiger partial charge in [0.25, 0.3) is 5.91 Å². The largest absolute Gasteiger partial charge is 0.481 e. The molecular weight excluding hydrogens is 318 g/mol. The molecule has 0 spiro atoms. The standard InChI is InChI=1S/C20H23NO4/c1-14-8-7-9-15(2)19(14)24-13-18(22)25-16(3)20(23)21-12-17-10-5-4-6-11-17/h4-11,16H,12-13H2,1-3H3,(H,21,23). The van der Waals surface area contributed by atoms with Crippen LogP contribution in [0.4, 0.5) is 0 Å². The van der Waals surface area contributed by atoms with Crippen molar-refractivity contribution in [2.45, 2.75) is 33.4 Å². The summed E-state index contributed by atoms with van der Waals surface area (Å²) in [4.78, 5) is 23.9. The number of hydrogen-bond donors (Lipinski definition) is 1. The number of carbonyl (C=O) groups excluding carboxylic acids is 2. The van der Waals surface area contributed by atoms with Crippen molar-refractivity contribution < 1.29 is 19.1 Å². The van der Waals surface area contributed by atoms with Gasteiger partial charge in [-0.05, 0) is 37.5 Å². The molecule has 0 saturated heterocycles. The fraction of sp³-hybridized carbons (Fsp3) is 0.300. The second-order valence-corrected chi connectivity index (χ2v) is 5.85. The van der Waals surface area contributed by atoms with Gasteiger partial charge in [0.1, 0.15) is 5.75 Å². The average molecular weight is 341 g/mol. The van der Waals surface area contributed by atoms with Gasteiger partial charge in [0.15, 0.2) is 12.7 Å². The van der Waals surface area contributed by atoms with Gasteiger partial charge in [0.2, 0.25) is 0 Å². The molecule has 0 aliphatic rings. The van der Waals surface area contributed by atoms with Gasteiger partial charge >= 0.3 is 5.97 Å². The van der Waals surface area contributed by atoms with Crippen molar-refractivity contribution in [3.63, 3.8) is 0 Å². The van der Waals surface area contributed by atoms with Gasteiger partial charge in [-0.2, -0.15) is 0 Å². The molecule has 25 heavy (non-hydrogen) atoms. The monoisotopic (exact) mass is 341 g/mol. The molecule has 1 amide bonds. The van der Waals surface area contributed by atoms with E-state index in [2.05, 4.69) is 5.32 Å². The Hall–Kier alpha value is -2.82. The van der Waals surface area contributed by atoms with Crippen molar-refractivity contribution in [3.05, 3.63) is 65.2 Å². The van der Waals surface area contributed by atoms with Crippen LogP contribution in [-0.2, 0) is 20.9 Å². The highest BCUT2D eigenvalue weighted by molar-refractivity contribution is 5.83. The molecular formula is C20H23NO4. The van der Waals surface area contributed by atoms with Gasteiger partial charge in [0, 0.05) is 6.54 Å². The highest BCUT2D eigenvalue weighted by atomic mass is 16.6. The zero-order chi connectivity index (χ0) is 18.2. The van der Waals surface area contributed by atoms with E-state index in [1.165, 1.54) is 6.92 Å². The summed E-state index contributed by atoms with van der Waals surface area (Å²) in [7, 11) is 0. The van der Waals surface area contributed by atoms with Gasteiger partial charge in [-0.3, -0.25) is 4.79 Å². The van der Waals surface area contributed by atoms with Gasteiger partial charge in [0.05, 0.1) is 0 Å². The summed E-state index contributed by atoms with van der Waals surface area (Å²) in [5.74, 6) is -0.255. The highest BCUT2D eigenvalue weighted by Crippen LogP contribution is 2.22. The lowest BCUT2D eigenvalue weighted by Crippen LogP contribution is -2.36. The third-order valence-corrected chi connectivity index (χ3v) is 3.73. The SMILES string of the molecule is Cc1cccc(C)c1OCC(=O)OC(C)C(=O)NCc1ccccc1. The molecule has 0 aromatic heterocycles. The van der Waals surface area contributed by atoms with Gasteiger partial charge in [-0.25, -0.2) is 4.79 Å². The molecule has 1 unspecified atom stereocenters. The van der Waals surface area contributed by atoms with E-state index in [1.54, 1.807) is 0 Å².